The minimum Gasteiger partial charge on any atom is -0.472 e. The SMILES string of the molecule is O=C(O)C#CC1CCCN(C(=O)OCc2ccccc2)C1. The standard InChI is InChI=1S/C16H17NO4/c18-15(19)9-8-13-7-4-10-17(11-13)16(20)21-12-14-5-2-1-3-6-14/h1-3,5-6,13H,4,7,10-12H2,(H,18,19). The summed E-state index contributed by atoms with van der Waals surface area (Å²) in [4.78, 5) is 24.0. The van der Waals surface area contributed by atoms with Crippen molar-refractivity contribution < 1.29 is 19.4 Å². The predicted octanol–water partition coefficient (Wildman–Crippen LogP) is 2.12. The van der Waals surface area contributed by atoms with Gasteiger partial charge in [-0.25, -0.2) is 9.59 Å². The van der Waals surface area contributed by atoms with Crippen LogP contribution >= 0.6 is 0 Å². The van der Waals surface area contributed by atoms with Crippen LogP contribution in [0.4, 0.5) is 4.79 Å². The number of hydrogen-bond acceptors (Lipinski definition) is 3. The van der Waals surface area contributed by atoms with Crippen LogP contribution in [0.1, 0.15) is 18.4 Å². The summed E-state index contributed by atoms with van der Waals surface area (Å²) in [6.07, 6.45) is 1.24. The number of piperidine rings is 1. The molecule has 21 heavy (non-hydrogen) atoms. The second-order valence-corrected chi connectivity index (χ2v) is 4.90. The van der Waals surface area contributed by atoms with E-state index in [-0.39, 0.29) is 18.6 Å². The third-order valence-electron chi connectivity index (χ3n) is 3.27. The molecule has 5 heteroatoms. The summed E-state index contributed by atoms with van der Waals surface area (Å²) in [7, 11) is 0. The van der Waals surface area contributed by atoms with E-state index >= 15 is 0 Å². The smallest absolute Gasteiger partial charge is 0.410 e. The van der Waals surface area contributed by atoms with Gasteiger partial charge in [0, 0.05) is 24.9 Å². The lowest BCUT2D eigenvalue weighted by atomic mass is 9.99. The minimum atomic E-state index is -1.14. The number of nitrogens with zero attached hydrogens (tertiary/aromatic N) is 1. The molecule has 1 aliphatic heterocycles. The molecule has 1 aliphatic rings. The highest BCUT2D eigenvalue weighted by molar-refractivity contribution is 5.86. The Morgan fingerprint density at radius 1 is 1.33 bits per heavy atom. The molecular formula is C16H17NO4. The first-order valence-corrected chi connectivity index (χ1v) is 6.85. The van der Waals surface area contributed by atoms with Crippen molar-refractivity contribution in [1.82, 2.24) is 4.90 Å². The molecule has 5 nitrogen and oxygen atoms in total. The zero-order chi connectivity index (χ0) is 15.1. The monoisotopic (exact) mass is 287 g/mol. The van der Waals surface area contributed by atoms with Crippen LogP contribution in [0.25, 0.3) is 0 Å². The summed E-state index contributed by atoms with van der Waals surface area (Å²) < 4.78 is 5.26. The van der Waals surface area contributed by atoms with E-state index < -0.39 is 5.97 Å². The fourth-order valence-electron chi connectivity index (χ4n) is 2.24. The highest BCUT2D eigenvalue weighted by atomic mass is 16.6. The van der Waals surface area contributed by atoms with Crippen LogP contribution in [0.3, 0.4) is 0 Å². The van der Waals surface area contributed by atoms with Gasteiger partial charge in [-0.15, -0.1) is 0 Å². The van der Waals surface area contributed by atoms with Gasteiger partial charge in [0.1, 0.15) is 6.61 Å². The number of likely N-dealkylation sites (tertiary alicyclic amines) is 1. The minimum absolute atomic E-state index is 0.0980. The zero-order valence-electron chi connectivity index (χ0n) is 11.6. The fraction of sp³-hybridized carbons (Fsp3) is 0.375. The molecule has 1 fully saturated rings. The molecule has 1 heterocycles. The Kier molecular flexibility index (Phi) is 5.22. The number of carbonyl (C=O) groups is 2. The van der Waals surface area contributed by atoms with Crippen molar-refractivity contribution in [2.75, 3.05) is 13.1 Å². The number of ether oxygens (including phenoxy) is 1. The lowest BCUT2D eigenvalue weighted by molar-refractivity contribution is -0.130. The molecule has 2 rings (SSSR count). The van der Waals surface area contributed by atoms with Crippen molar-refractivity contribution in [2.45, 2.75) is 19.4 Å². The van der Waals surface area contributed by atoms with Crippen molar-refractivity contribution in [3.63, 3.8) is 0 Å². The highest BCUT2D eigenvalue weighted by Gasteiger charge is 2.23. The second kappa shape index (κ2) is 7.34. The molecule has 0 radical (unpaired) electrons. The number of carboxylic acid groups (broad SMARTS) is 1. The van der Waals surface area contributed by atoms with Crippen LogP contribution in [-0.4, -0.2) is 35.2 Å². The normalized spacial score (nSPS) is 17.5. The van der Waals surface area contributed by atoms with Crippen molar-refractivity contribution in [1.29, 1.82) is 0 Å². The average molecular weight is 287 g/mol. The van der Waals surface area contributed by atoms with Gasteiger partial charge in [0.2, 0.25) is 0 Å². The molecular weight excluding hydrogens is 270 g/mol. The highest BCUT2D eigenvalue weighted by Crippen LogP contribution is 2.16. The number of hydrogen-bond donors (Lipinski definition) is 1. The van der Waals surface area contributed by atoms with E-state index in [2.05, 4.69) is 11.8 Å². The van der Waals surface area contributed by atoms with E-state index in [0.717, 1.165) is 18.4 Å². The second-order valence-electron chi connectivity index (χ2n) is 4.90. The van der Waals surface area contributed by atoms with Gasteiger partial charge in [0.05, 0.1) is 0 Å². The van der Waals surface area contributed by atoms with Crippen LogP contribution in [-0.2, 0) is 16.1 Å². The molecule has 0 spiro atoms. The maximum absolute atomic E-state index is 12.0. The molecule has 1 unspecified atom stereocenters. The molecule has 1 amide bonds. The molecule has 0 aliphatic carbocycles. The largest absolute Gasteiger partial charge is 0.472 e. The van der Waals surface area contributed by atoms with Gasteiger partial charge in [0.25, 0.3) is 0 Å². The Morgan fingerprint density at radius 3 is 2.81 bits per heavy atom. The number of amides is 1. The Balaban J connectivity index is 1.85. The zero-order valence-corrected chi connectivity index (χ0v) is 11.6. The predicted molar refractivity (Wildman–Crippen MR) is 76.3 cm³/mol. The van der Waals surface area contributed by atoms with Gasteiger partial charge < -0.3 is 14.7 Å². The van der Waals surface area contributed by atoms with Crippen LogP contribution in [0.5, 0.6) is 0 Å². The van der Waals surface area contributed by atoms with Gasteiger partial charge in [-0.05, 0) is 18.4 Å². The quantitative estimate of drug-likeness (QED) is 0.846. The molecule has 1 aromatic carbocycles. The van der Waals surface area contributed by atoms with Gasteiger partial charge in [-0.1, -0.05) is 36.3 Å². The number of aliphatic carboxylic acids is 1. The first-order valence-electron chi connectivity index (χ1n) is 6.85. The van der Waals surface area contributed by atoms with E-state index in [4.69, 9.17) is 9.84 Å². The fourth-order valence-corrected chi connectivity index (χ4v) is 2.24. The van der Waals surface area contributed by atoms with Crippen LogP contribution in [0, 0.1) is 17.8 Å². The maximum Gasteiger partial charge on any atom is 0.410 e. The summed E-state index contributed by atoms with van der Waals surface area (Å²) in [5, 5.41) is 8.55. The molecule has 1 N–H and O–H groups in total. The van der Waals surface area contributed by atoms with E-state index in [1.54, 1.807) is 4.90 Å². The van der Waals surface area contributed by atoms with Crippen molar-refractivity contribution >= 4 is 12.1 Å². The van der Waals surface area contributed by atoms with E-state index in [0.29, 0.717) is 13.1 Å². The van der Waals surface area contributed by atoms with Crippen molar-refractivity contribution in [3.8, 4) is 11.8 Å². The summed E-state index contributed by atoms with van der Waals surface area (Å²) in [6, 6.07) is 9.47. The van der Waals surface area contributed by atoms with Gasteiger partial charge in [0.15, 0.2) is 0 Å². The van der Waals surface area contributed by atoms with E-state index in [1.807, 2.05) is 30.3 Å². The first kappa shape index (κ1) is 14.9. The Labute approximate surface area is 123 Å². The van der Waals surface area contributed by atoms with E-state index in [9.17, 15) is 9.59 Å². The van der Waals surface area contributed by atoms with Crippen LogP contribution in [0.2, 0.25) is 0 Å². The molecule has 1 saturated heterocycles. The average Bonchev–Trinajstić information content (AvgIpc) is 2.52. The third-order valence-corrected chi connectivity index (χ3v) is 3.27. The Bertz CT molecular complexity index is 559. The number of carboxylic acids is 1. The number of rotatable bonds is 2. The molecule has 1 atom stereocenters. The Hall–Kier alpha value is -2.48. The Morgan fingerprint density at radius 2 is 2.10 bits per heavy atom. The van der Waals surface area contributed by atoms with Gasteiger partial charge in [-0.2, -0.15) is 0 Å². The lowest BCUT2D eigenvalue weighted by Gasteiger charge is -2.29. The summed E-state index contributed by atoms with van der Waals surface area (Å²) in [5.74, 6) is 3.56. The van der Waals surface area contributed by atoms with Gasteiger partial charge >= 0.3 is 12.1 Å². The molecule has 1 aromatic rings. The summed E-state index contributed by atoms with van der Waals surface area (Å²) in [5.41, 5.74) is 0.935. The first-order chi connectivity index (χ1) is 10.1. The lowest BCUT2D eigenvalue weighted by Crippen LogP contribution is -2.39. The van der Waals surface area contributed by atoms with E-state index in [1.165, 1.54) is 0 Å². The molecule has 110 valence electrons. The van der Waals surface area contributed by atoms with Crippen molar-refractivity contribution in [3.05, 3.63) is 35.9 Å². The summed E-state index contributed by atoms with van der Waals surface area (Å²) in [6.45, 7) is 1.29. The number of benzene rings is 1. The number of carbonyl (C=O) groups excluding carboxylic acids is 1. The molecule has 0 saturated carbocycles. The van der Waals surface area contributed by atoms with Crippen LogP contribution in [0.15, 0.2) is 30.3 Å². The summed E-state index contributed by atoms with van der Waals surface area (Å²) >= 11 is 0. The maximum atomic E-state index is 12.0. The third kappa shape index (κ3) is 4.84. The van der Waals surface area contributed by atoms with Crippen molar-refractivity contribution in [2.24, 2.45) is 5.92 Å². The van der Waals surface area contributed by atoms with Crippen LogP contribution < -0.4 is 0 Å². The molecule has 0 aromatic heterocycles. The van der Waals surface area contributed by atoms with Gasteiger partial charge in [-0.3, -0.25) is 0 Å². The molecule has 0 bridgehead atoms. The topological polar surface area (TPSA) is 66.8 Å².